The molecule has 0 fully saturated rings. The van der Waals surface area contributed by atoms with E-state index in [4.69, 9.17) is 11.6 Å². The lowest BCUT2D eigenvalue weighted by atomic mass is 10.1. The van der Waals surface area contributed by atoms with Gasteiger partial charge in [-0.2, -0.15) is 0 Å². The second-order valence-corrected chi connectivity index (χ2v) is 5.12. The summed E-state index contributed by atoms with van der Waals surface area (Å²) >= 11 is 9.28. The number of Topliss-reactive ketones (excluding diaryl/α,β-unsaturated/α-hetero) is 1. The van der Waals surface area contributed by atoms with Gasteiger partial charge in [-0.3, -0.25) is 4.79 Å². The summed E-state index contributed by atoms with van der Waals surface area (Å²) in [6.07, 6.45) is 3.87. The van der Waals surface area contributed by atoms with Crippen LogP contribution < -0.4 is 0 Å². The van der Waals surface area contributed by atoms with Crippen LogP contribution in [0.15, 0.2) is 35.1 Å². The zero-order chi connectivity index (χ0) is 13.1. The molecule has 1 aromatic heterocycles. The van der Waals surface area contributed by atoms with E-state index in [0.717, 1.165) is 16.8 Å². The van der Waals surface area contributed by atoms with Crippen molar-refractivity contribution in [2.75, 3.05) is 0 Å². The van der Waals surface area contributed by atoms with Crippen LogP contribution in [0.4, 0.5) is 0 Å². The van der Waals surface area contributed by atoms with Gasteiger partial charge in [0.05, 0.1) is 11.4 Å². The van der Waals surface area contributed by atoms with Crippen LogP contribution in [0.3, 0.4) is 0 Å². The van der Waals surface area contributed by atoms with Crippen molar-refractivity contribution in [2.45, 2.75) is 19.9 Å². The molecule has 0 atom stereocenters. The topological polar surface area (TPSA) is 34.9 Å². The maximum atomic E-state index is 12.1. The van der Waals surface area contributed by atoms with Crippen LogP contribution in [0, 0.1) is 0 Å². The highest BCUT2D eigenvalue weighted by Gasteiger charge is 2.12. The van der Waals surface area contributed by atoms with Gasteiger partial charge in [0.2, 0.25) is 0 Å². The van der Waals surface area contributed by atoms with Gasteiger partial charge >= 0.3 is 0 Å². The minimum Gasteiger partial charge on any atom is -0.335 e. The highest BCUT2D eigenvalue weighted by Crippen LogP contribution is 2.23. The average Bonchev–Trinajstić information content (AvgIpc) is 2.79. The Labute approximate surface area is 119 Å². The molecule has 0 saturated carbocycles. The molecule has 0 N–H and O–H groups in total. The van der Waals surface area contributed by atoms with Gasteiger partial charge in [-0.15, -0.1) is 0 Å². The Bertz CT molecular complexity index is 580. The second kappa shape index (κ2) is 5.67. The van der Waals surface area contributed by atoms with Gasteiger partial charge < -0.3 is 4.57 Å². The van der Waals surface area contributed by atoms with Crippen molar-refractivity contribution in [2.24, 2.45) is 0 Å². The molecule has 18 heavy (non-hydrogen) atoms. The Morgan fingerprint density at radius 2 is 2.28 bits per heavy atom. The van der Waals surface area contributed by atoms with E-state index in [9.17, 15) is 4.79 Å². The third-order valence-corrected chi connectivity index (χ3v) is 3.94. The molecule has 0 bridgehead atoms. The fraction of sp³-hybridized carbons (Fsp3) is 0.231. The van der Waals surface area contributed by atoms with Crippen molar-refractivity contribution in [1.29, 1.82) is 0 Å². The minimum atomic E-state index is 0.0188. The lowest BCUT2D eigenvalue weighted by Crippen LogP contribution is -2.09. The Kier molecular flexibility index (Phi) is 4.19. The van der Waals surface area contributed by atoms with Crippen molar-refractivity contribution in [3.63, 3.8) is 0 Å². The number of benzene rings is 1. The zero-order valence-corrected chi connectivity index (χ0v) is 12.2. The van der Waals surface area contributed by atoms with Gasteiger partial charge in [0, 0.05) is 29.0 Å². The molecule has 0 unspecified atom stereocenters. The summed E-state index contributed by atoms with van der Waals surface area (Å²) in [6, 6.07) is 5.21. The SMILES string of the molecule is CCn1ccnc1CC(=O)c1ccc(Br)c(Cl)c1. The monoisotopic (exact) mass is 326 g/mol. The predicted octanol–water partition coefficient (Wildman–Crippen LogP) is 3.74. The quantitative estimate of drug-likeness (QED) is 0.802. The summed E-state index contributed by atoms with van der Waals surface area (Å²) in [4.78, 5) is 16.3. The molecule has 94 valence electrons. The molecule has 5 heteroatoms. The lowest BCUT2D eigenvalue weighted by Gasteiger charge is -2.05. The van der Waals surface area contributed by atoms with E-state index in [1.165, 1.54) is 0 Å². The maximum Gasteiger partial charge on any atom is 0.170 e. The number of carbonyl (C=O) groups excluding carboxylic acids is 1. The summed E-state index contributed by atoms with van der Waals surface area (Å²) < 4.78 is 2.74. The second-order valence-electron chi connectivity index (χ2n) is 3.86. The molecular weight excluding hydrogens is 316 g/mol. The summed E-state index contributed by atoms with van der Waals surface area (Å²) in [6.45, 7) is 2.83. The molecular formula is C13H12BrClN2O. The molecule has 0 aliphatic carbocycles. The van der Waals surface area contributed by atoms with Gasteiger partial charge in [0.15, 0.2) is 5.78 Å². The van der Waals surface area contributed by atoms with Gasteiger partial charge in [-0.1, -0.05) is 17.7 Å². The third kappa shape index (κ3) is 2.82. The number of hydrogen-bond acceptors (Lipinski definition) is 2. The number of aryl methyl sites for hydroxylation is 1. The van der Waals surface area contributed by atoms with Crippen LogP contribution in [-0.4, -0.2) is 15.3 Å². The van der Waals surface area contributed by atoms with Crippen molar-refractivity contribution >= 4 is 33.3 Å². The van der Waals surface area contributed by atoms with E-state index < -0.39 is 0 Å². The third-order valence-electron chi connectivity index (χ3n) is 2.70. The summed E-state index contributed by atoms with van der Waals surface area (Å²) in [5.41, 5.74) is 0.605. The molecule has 0 aliphatic rings. The lowest BCUT2D eigenvalue weighted by molar-refractivity contribution is 0.0990. The van der Waals surface area contributed by atoms with Crippen molar-refractivity contribution in [1.82, 2.24) is 9.55 Å². The smallest absolute Gasteiger partial charge is 0.170 e. The van der Waals surface area contributed by atoms with Crippen LogP contribution >= 0.6 is 27.5 Å². The molecule has 2 aromatic rings. The first kappa shape index (κ1) is 13.3. The number of nitrogens with zero attached hydrogens (tertiary/aromatic N) is 2. The molecule has 0 aliphatic heterocycles. The van der Waals surface area contributed by atoms with E-state index in [1.807, 2.05) is 17.7 Å². The highest BCUT2D eigenvalue weighted by atomic mass is 79.9. The van der Waals surface area contributed by atoms with Crippen LogP contribution in [-0.2, 0) is 13.0 Å². The van der Waals surface area contributed by atoms with Crippen LogP contribution in [0.2, 0.25) is 5.02 Å². The fourth-order valence-electron chi connectivity index (χ4n) is 1.71. The van der Waals surface area contributed by atoms with E-state index in [0.29, 0.717) is 17.0 Å². The molecule has 2 rings (SSSR count). The maximum absolute atomic E-state index is 12.1. The van der Waals surface area contributed by atoms with Gasteiger partial charge in [0.1, 0.15) is 5.82 Å². The molecule has 0 radical (unpaired) electrons. The number of aromatic nitrogens is 2. The van der Waals surface area contributed by atoms with Crippen molar-refractivity contribution in [3.05, 3.63) is 51.5 Å². The number of carbonyl (C=O) groups is 1. The first-order valence-corrected chi connectivity index (χ1v) is 6.77. The first-order chi connectivity index (χ1) is 8.61. The molecule has 0 saturated heterocycles. The van der Waals surface area contributed by atoms with Crippen LogP contribution in [0.5, 0.6) is 0 Å². The number of ketones is 1. The van der Waals surface area contributed by atoms with Gasteiger partial charge in [-0.05, 0) is 35.0 Å². The van der Waals surface area contributed by atoms with E-state index in [2.05, 4.69) is 20.9 Å². The Morgan fingerprint density at radius 1 is 1.50 bits per heavy atom. The number of halogens is 2. The first-order valence-electron chi connectivity index (χ1n) is 5.60. The Hall–Kier alpha value is -1.13. The fourth-order valence-corrected chi connectivity index (χ4v) is 2.14. The predicted molar refractivity (Wildman–Crippen MR) is 75.1 cm³/mol. The van der Waals surface area contributed by atoms with Gasteiger partial charge in [0.25, 0.3) is 0 Å². The van der Waals surface area contributed by atoms with Gasteiger partial charge in [-0.25, -0.2) is 4.98 Å². The summed E-state index contributed by atoms with van der Waals surface area (Å²) in [5.74, 6) is 0.798. The van der Waals surface area contributed by atoms with Crippen molar-refractivity contribution in [3.8, 4) is 0 Å². The summed E-state index contributed by atoms with van der Waals surface area (Å²) in [7, 11) is 0. The molecule has 0 amide bonds. The van der Waals surface area contributed by atoms with E-state index >= 15 is 0 Å². The highest BCUT2D eigenvalue weighted by molar-refractivity contribution is 9.10. The van der Waals surface area contributed by atoms with Crippen LogP contribution in [0.25, 0.3) is 0 Å². The Balaban J connectivity index is 2.19. The number of hydrogen-bond donors (Lipinski definition) is 0. The van der Waals surface area contributed by atoms with E-state index in [-0.39, 0.29) is 5.78 Å². The zero-order valence-electron chi connectivity index (χ0n) is 9.86. The van der Waals surface area contributed by atoms with Crippen molar-refractivity contribution < 1.29 is 4.79 Å². The largest absolute Gasteiger partial charge is 0.335 e. The molecule has 0 spiro atoms. The minimum absolute atomic E-state index is 0.0188. The molecule has 3 nitrogen and oxygen atoms in total. The van der Waals surface area contributed by atoms with E-state index in [1.54, 1.807) is 24.4 Å². The van der Waals surface area contributed by atoms with Crippen LogP contribution in [0.1, 0.15) is 23.1 Å². The summed E-state index contributed by atoms with van der Waals surface area (Å²) in [5, 5.41) is 0.541. The average molecular weight is 328 g/mol. The standard InChI is InChI=1S/C13H12BrClN2O/c1-2-17-6-5-16-13(17)8-12(18)9-3-4-10(14)11(15)7-9/h3-7H,2,8H2,1H3. The number of imidazole rings is 1. The molecule has 1 heterocycles. The number of rotatable bonds is 4. The molecule has 1 aromatic carbocycles. The normalized spacial score (nSPS) is 10.6. The Morgan fingerprint density at radius 3 is 2.94 bits per heavy atom.